The minimum absolute atomic E-state index is 0.242. The van der Waals surface area contributed by atoms with Crippen molar-refractivity contribution in [2.24, 2.45) is 0 Å². The Morgan fingerprint density at radius 3 is 2.33 bits per heavy atom. The van der Waals surface area contributed by atoms with Crippen LogP contribution in [0.25, 0.3) is 0 Å². The van der Waals surface area contributed by atoms with Crippen LogP contribution < -0.4 is 0 Å². The lowest BCUT2D eigenvalue weighted by atomic mass is 10.2. The molecule has 0 saturated heterocycles. The van der Waals surface area contributed by atoms with Gasteiger partial charge in [0.1, 0.15) is 0 Å². The van der Waals surface area contributed by atoms with Crippen molar-refractivity contribution >= 4 is 19.7 Å². The van der Waals surface area contributed by atoms with Gasteiger partial charge in [0.15, 0.2) is 8.32 Å². The number of thiophene rings is 1. The summed E-state index contributed by atoms with van der Waals surface area (Å²) in [5.41, 5.74) is 0. The summed E-state index contributed by atoms with van der Waals surface area (Å²) in [6.45, 7) is 13.6. The highest BCUT2D eigenvalue weighted by molar-refractivity contribution is 7.10. The van der Waals surface area contributed by atoms with E-state index in [0.29, 0.717) is 5.04 Å². The van der Waals surface area contributed by atoms with E-state index in [1.807, 2.05) is 0 Å². The van der Waals surface area contributed by atoms with Gasteiger partial charge in [-0.25, -0.2) is 0 Å². The third-order valence-electron chi connectivity index (χ3n) is 3.22. The maximum Gasteiger partial charge on any atom is 0.192 e. The zero-order valence-corrected chi connectivity index (χ0v) is 12.4. The van der Waals surface area contributed by atoms with Crippen LogP contribution in [0.4, 0.5) is 0 Å². The first-order chi connectivity index (χ1) is 6.74. The zero-order chi connectivity index (χ0) is 11.7. The molecule has 0 spiro atoms. The molecule has 0 amide bonds. The maximum absolute atomic E-state index is 6.30. The topological polar surface area (TPSA) is 9.23 Å². The highest BCUT2D eigenvalue weighted by atomic mass is 32.1. The second-order valence-corrected chi connectivity index (χ2v) is 11.3. The van der Waals surface area contributed by atoms with E-state index in [4.69, 9.17) is 4.43 Å². The summed E-state index contributed by atoms with van der Waals surface area (Å²) in [4.78, 5) is 1.33. The molecular formula is C12H22OSSi. The lowest BCUT2D eigenvalue weighted by Crippen LogP contribution is -2.41. The van der Waals surface area contributed by atoms with Gasteiger partial charge in [-0.1, -0.05) is 26.8 Å². The third kappa shape index (κ3) is 3.16. The second-order valence-electron chi connectivity index (χ2n) is 5.54. The smallest absolute Gasteiger partial charge is 0.192 e. The Morgan fingerprint density at radius 2 is 1.93 bits per heavy atom. The van der Waals surface area contributed by atoms with E-state index >= 15 is 0 Å². The normalized spacial score (nSPS) is 15.3. The molecule has 0 saturated carbocycles. The number of hydrogen-bond donors (Lipinski definition) is 0. The summed E-state index contributed by atoms with van der Waals surface area (Å²) in [6, 6.07) is 4.24. The minimum Gasteiger partial charge on any atom is -0.409 e. The summed E-state index contributed by atoms with van der Waals surface area (Å²) in [5.74, 6) is 0. The molecule has 3 heteroatoms. The molecule has 0 aliphatic carbocycles. The Morgan fingerprint density at radius 1 is 1.33 bits per heavy atom. The standard InChI is InChI=1S/C12H22OSSi/c1-10(11-8-7-9-14-11)13-15(5,6)12(2,3)4/h7-10H,1-6H3. The molecule has 1 heterocycles. The molecule has 1 aromatic heterocycles. The molecule has 0 bridgehead atoms. The fourth-order valence-corrected chi connectivity index (χ4v) is 3.36. The first-order valence-electron chi connectivity index (χ1n) is 5.45. The molecule has 0 aliphatic rings. The quantitative estimate of drug-likeness (QED) is 0.690. The summed E-state index contributed by atoms with van der Waals surface area (Å²) in [7, 11) is -1.62. The highest BCUT2D eigenvalue weighted by Crippen LogP contribution is 2.40. The summed E-state index contributed by atoms with van der Waals surface area (Å²) < 4.78 is 6.30. The van der Waals surface area contributed by atoms with Crippen molar-refractivity contribution in [3.05, 3.63) is 22.4 Å². The Hall–Kier alpha value is -0.123. The van der Waals surface area contributed by atoms with Gasteiger partial charge >= 0.3 is 0 Å². The van der Waals surface area contributed by atoms with Crippen LogP contribution in [0.15, 0.2) is 17.5 Å². The SMILES string of the molecule is CC(O[Si](C)(C)C(C)(C)C)c1cccs1. The van der Waals surface area contributed by atoms with Crippen LogP contribution in [0.2, 0.25) is 18.1 Å². The first-order valence-corrected chi connectivity index (χ1v) is 9.24. The second kappa shape index (κ2) is 4.40. The average molecular weight is 242 g/mol. The molecule has 1 nitrogen and oxygen atoms in total. The molecular weight excluding hydrogens is 220 g/mol. The fourth-order valence-electron chi connectivity index (χ4n) is 1.20. The molecule has 1 unspecified atom stereocenters. The Bertz CT molecular complexity index is 298. The molecule has 1 atom stereocenters. The van der Waals surface area contributed by atoms with E-state index in [1.54, 1.807) is 11.3 Å². The van der Waals surface area contributed by atoms with Crippen molar-refractivity contribution in [1.29, 1.82) is 0 Å². The predicted molar refractivity (Wildman–Crippen MR) is 71.0 cm³/mol. The zero-order valence-electron chi connectivity index (χ0n) is 10.6. The molecule has 86 valence electrons. The number of rotatable bonds is 3. The lowest BCUT2D eigenvalue weighted by molar-refractivity contribution is 0.206. The van der Waals surface area contributed by atoms with Gasteiger partial charge in [0.05, 0.1) is 6.10 Å². The predicted octanol–water partition coefficient (Wildman–Crippen LogP) is 4.83. The maximum atomic E-state index is 6.30. The van der Waals surface area contributed by atoms with Gasteiger partial charge in [0.2, 0.25) is 0 Å². The molecule has 1 aromatic rings. The summed E-state index contributed by atoms with van der Waals surface area (Å²) in [6.07, 6.45) is 0.242. The molecule has 0 fully saturated rings. The number of hydrogen-bond acceptors (Lipinski definition) is 2. The van der Waals surface area contributed by atoms with Crippen LogP contribution in [0.5, 0.6) is 0 Å². The van der Waals surface area contributed by atoms with Gasteiger partial charge < -0.3 is 4.43 Å². The van der Waals surface area contributed by atoms with Crippen molar-refractivity contribution < 1.29 is 4.43 Å². The Balaban J connectivity index is 2.70. The fraction of sp³-hybridized carbons (Fsp3) is 0.667. The largest absolute Gasteiger partial charge is 0.409 e. The van der Waals surface area contributed by atoms with Crippen LogP contribution in [-0.4, -0.2) is 8.32 Å². The van der Waals surface area contributed by atoms with Gasteiger partial charge in [-0.2, -0.15) is 0 Å². The van der Waals surface area contributed by atoms with Gasteiger partial charge in [0.25, 0.3) is 0 Å². The van der Waals surface area contributed by atoms with Crippen molar-refractivity contribution in [2.45, 2.75) is 51.9 Å². The van der Waals surface area contributed by atoms with Crippen LogP contribution in [0.1, 0.15) is 38.7 Å². The summed E-state index contributed by atoms with van der Waals surface area (Å²) >= 11 is 1.78. The lowest BCUT2D eigenvalue weighted by Gasteiger charge is -2.38. The van der Waals surface area contributed by atoms with Gasteiger partial charge in [-0.05, 0) is 36.5 Å². The van der Waals surface area contributed by atoms with E-state index in [1.165, 1.54) is 4.88 Å². The molecule has 0 radical (unpaired) electrons. The van der Waals surface area contributed by atoms with E-state index in [9.17, 15) is 0 Å². The van der Waals surface area contributed by atoms with Crippen molar-refractivity contribution in [1.82, 2.24) is 0 Å². The Kier molecular flexibility index (Phi) is 3.79. The molecule has 1 rings (SSSR count). The molecule has 0 N–H and O–H groups in total. The average Bonchev–Trinajstić information content (AvgIpc) is 2.51. The van der Waals surface area contributed by atoms with E-state index in [2.05, 4.69) is 58.3 Å². The van der Waals surface area contributed by atoms with Gasteiger partial charge in [-0.3, -0.25) is 0 Å². The highest BCUT2D eigenvalue weighted by Gasteiger charge is 2.38. The van der Waals surface area contributed by atoms with Crippen LogP contribution in [0, 0.1) is 0 Å². The molecule has 0 aliphatic heterocycles. The molecule has 0 aromatic carbocycles. The third-order valence-corrected chi connectivity index (χ3v) is 8.81. The monoisotopic (exact) mass is 242 g/mol. The van der Waals surface area contributed by atoms with E-state index in [-0.39, 0.29) is 6.10 Å². The van der Waals surface area contributed by atoms with Gasteiger partial charge in [-0.15, -0.1) is 11.3 Å². The van der Waals surface area contributed by atoms with Crippen LogP contribution >= 0.6 is 11.3 Å². The minimum atomic E-state index is -1.62. The first kappa shape index (κ1) is 12.9. The molecule has 15 heavy (non-hydrogen) atoms. The van der Waals surface area contributed by atoms with Crippen molar-refractivity contribution in [3.8, 4) is 0 Å². The summed E-state index contributed by atoms with van der Waals surface area (Å²) in [5, 5.41) is 2.40. The van der Waals surface area contributed by atoms with E-state index < -0.39 is 8.32 Å². The van der Waals surface area contributed by atoms with Crippen LogP contribution in [-0.2, 0) is 4.43 Å². The van der Waals surface area contributed by atoms with E-state index in [0.717, 1.165) is 0 Å². The van der Waals surface area contributed by atoms with Crippen molar-refractivity contribution in [2.75, 3.05) is 0 Å². The van der Waals surface area contributed by atoms with Gasteiger partial charge in [0, 0.05) is 4.88 Å². The van der Waals surface area contributed by atoms with Crippen molar-refractivity contribution in [3.63, 3.8) is 0 Å². The Labute approximate surface area is 98.6 Å². The van der Waals surface area contributed by atoms with Crippen LogP contribution in [0.3, 0.4) is 0 Å².